The van der Waals surface area contributed by atoms with Crippen LogP contribution in [0.25, 0.3) is 0 Å². The smallest absolute Gasteiger partial charge is 0.0366 e. The summed E-state index contributed by atoms with van der Waals surface area (Å²) in [6, 6.07) is 9.04. The zero-order valence-corrected chi connectivity index (χ0v) is 14.2. The Morgan fingerprint density at radius 3 is 2.32 bits per heavy atom. The first-order valence-corrected chi connectivity index (χ1v) is 9.16. The normalized spacial score (nSPS) is 26.0. The Hall–Kier alpha value is -1.02. The summed E-state index contributed by atoms with van der Waals surface area (Å²) in [7, 11) is 0. The zero-order valence-electron chi connectivity index (χ0n) is 14.2. The molecule has 2 saturated heterocycles. The Balaban J connectivity index is 1.22. The zero-order chi connectivity index (χ0) is 15.2. The van der Waals surface area contributed by atoms with E-state index in [-0.39, 0.29) is 0 Å². The number of hydrogen-bond donors (Lipinski definition) is 0. The summed E-state index contributed by atoms with van der Waals surface area (Å²) in [5.74, 6) is 1.94. The molecule has 1 saturated carbocycles. The van der Waals surface area contributed by atoms with Gasteiger partial charge in [0, 0.05) is 30.7 Å². The molecule has 3 fully saturated rings. The fourth-order valence-electron chi connectivity index (χ4n) is 4.86. The van der Waals surface area contributed by atoms with Crippen LogP contribution in [-0.2, 0) is 0 Å². The fraction of sp³-hybridized carbons (Fsp3) is 0.700. The maximum Gasteiger partial charge on any atom is 0.0366 e. The van der Waals surface area contributed by atoms with Crippen molar-refractivity contribution in [1.82, 2.24) is 4.90 Å². The van der Waals surface area contributed by atoms with Gasteiger partial charge in [0.15, 0.2) is 0 Å². The molecule has 0 N–H and O–H groups in total. The Bertz CT molecular complexity index is 499. The molecule has 22 heavy (non-hydrogen) atoms. The molecule has 1 aromatic carbocycles. The van der Waals surface area contributed by atoms with Crippen LogP contribution in [-0.4, -0.2) is 37.6 Å². The molecular weight excluding hydrogens is 268 g/mol. The van der Waals surface area contributed by atoms with Crippen molar-refractivity contribution in [1.29, 1.82) is 0 Å². The van der Waals surface area contributed by atoms with Crippen LogP contribution in [0.1, 0.15) is 38.2 Å². The topological polar surface area (TPSA) is 6.48 Å². The van der Waals surface area contributed by atoms with Crippen LogP contribution in [0, 0.1) is 24.2 Å². The van der Waals surface area contributed by atoms with Crippen LogP contribution in [0.3, 0.4) is 0 Å². The summed E-state index contributed by atoms with van der Waals surface area (Å²) in [6.07, 6.45) is 5.78. The predicted molar refractivity (Wildman–Crippen MR) is 93.4 cm³/mol. The van der Waals surface area contributed by atoms with Crippen LogP contribution >= 0.6 is 0 Å². The van der Waals surface area contributed by atoms with E-state index in [0.717, 1.165) is 11.8 Å². The average molecular weight is 298 g/mol. The summed E-state index contributed by atoms with van der Waals surface area (Å²) < 4.78 is 0. The highest BCUT2D eigenvalue weighted by Crippen LogP contribution is 2.53. The molecule has 120 valence electrons. The van der Waals surface area contributed by atoms with E-state index in [9.17, 15) is 0 Å². The third-order valence-electron chi connectivity index (χ3n) is 6.29. The van der Waals surface area contributed by atoms with Gasteiger partial charge in [0.2, 0.25) is 0 Å². The second kappa shape index (κ2) is 5.56. The summed E-state index contributed by atoms with van der Waals surface area (Å²) in [6.45, 7) is 11.2. The van der Waals surface area contributed by atoms with Gasteiger partial charge in [0.1, 0.15) is 0 Å². The van der Waals surface area contributed by atoms with E-state index in [1.54, 1.807) is 0 Å². The highest BCUT2D eigenvalue weighted by Gasteiger charge is 2.52. The quantitative estimate of drug-likeness (QED) is 0.834. The van der Waals surface area contributed by atoms with E-state index < -0.39 is 0 Å². The summed E-state index contributed by atoms with van der Waals surface area (Å²) >= 11 is 0. The van der Waals surface area contributed by atoms with Gasteiger partial charge in [-0.15, -0.1) is 0 Å². The van der Waals surface area contributed by atoms with Crippen molar-refractivity contribution in [3.8, 4) is 0 Å². The highest BCUT2D eigenvalue weighted by atomic mass is 15.2. The van der Waals surface area contributed by atoms with E-state index >= 15 is 0 Å². The first kappa shape index (κ1) is 14.6. The third kappa shape index (κ3) is 2.78. The van der Waals surface area contributed by atoms with Gasteiger partial charge >= 0.3 is 0 Å². The molecule has 2 heteroatoms. The van der Waals surface area contributed by atoms with Crippen molar-refractivity contribution in [2.45, 2.75) is 39.5 Å². The number of benzene rings is 1. The van der Waals surface area contributed by atoms with Crippen LogP contribution in [0.2, 0.25) is 0 Å². The summed E-state index contributed by atoms with van der Waals surface area (Å²) in [5, 5.41) is 0. The van der Waals surface area contributed by atoms with Crippen molar-refractivity contribution >= 4 is 5.69 Å². The van der Waals surface area contributed by atoms with Crippen molar-refractivity contribution in [3.63, 3.8) is 0 Å². The van der Waals surface area contributed by atoms with E-state index in [1.165, 1.54) is 69.7 Å². The second-order valence-corrected chi connectivity index (χ2v) is 8.45. The minimum Gasteiger partial charge on any atom is -0.370 e. The van der Waals surface area contributed by atoms with Gasteiger partial charge in [0.05, 0.1) is 0 Å². The molecule has 0 aromatic heterocycles. The minimum atomic E-state index is 0.679. The van der Waals surface area contributed by atoms with Crippen LogP contribution in [0.4, 0.5) is 5.69 Å². The summed E-state index contributed by atoms with van der Waals surface area (Å²) in [4.78, 5) is 5.30. The van der Waals surface area contributed by atoms with E-state index in [0.29, 0.717) is 5.41 Å². The lowest BCUT2D eigenvalue weighted by molar-refractivity contribution is -0.000973. The van der Waals surface area contributed by atoms with Crippen molar-refractivity contribution in [2.75, 3.05) is 37.6 Å². The molecule has 1 spiro atoms. The number of piperidine rings is 1. The van der Waals surface area contributed by atoms with Crippen LogP contribution in [0.5, 0.6) is 0 Å². The van der Waals surface area contributed by atoms with Crippen molar-refractivity contribution < 1.29 is 0 Å². The third-order valence-corrected chi connectivity index (χ3v) is 6.29. The molecule has 0 amide bonds. The second-order valence-electron chi connectivity index (χ2n) is 8.45. The molecule has 1 aromatic rings. The number of rotatable bonds is 3. The van der Waals surface area contributed by atoms with Gasteiger partial charge in [0.25, 0.3) is 0 Å². The van der Waals surface area contributed by atoms with Crippen LogP contribution < -0.4 is 4.90 Å². The molecule has 1 aliphatic carbocycles. The Labute approximate surface area is 135 Å². The van der Waals surface area contributed by atoms with Gasteiger partial charge in [-0.2, -0.15) is 0 Å². The molecule has 2 heterocycles. The van der Waals surface area contributed by atoms with E-state index in [2.05, 4.69) is 47.9 Å². The lowest BCUT2D eigenvalue weighted by Gasteiger charge is -2.60. The van der Waals surface area contributed by atoms with Gasteiger partial charge in [-0.1, -0.05) is 24.6 Å². The first-order valence-electron chi connectivity index (χ1n) is 9.16. The maximum atomic E-state index is 2.73. The molecule has 0 atom stereocenters. The van der Waals surface area contributed by atoms with Crippen molar-refractivity contribution in [2.24, 2.45) is 17.3 Å². The van der Waals surface area contributed by atoms with Gasteiger partial charge < -0.3 is 9.80 Å². The molecule has 2 nitrogen and oxygen atoms in total. The largest absolute Gasteiger partial charge is 0.370 e. The SMILES string of the molecule is Cc1ccc(N2CC3(CC(CN4CCC(C)CC4)C3)C2)cc1. The van der Waals surface area contributed by atoms with Gasteiger partial charge in [-0.3, -0.25) is 0 Å². The van der Waals surface area contributed by atoms with E-state index in [1.807, 2.05) is 0 Å². The lowest BCUT2D eigenvalue weighted by Crippen LogP contribution is -2.63. The number of aryl methyl sites for hydroxylation is 1. The number of hydrogen-bond acceptors (Lipinski definition) is 2. The molecule has 0 radical (unpaired) electrons. The van der Waals surface area contributed by atoms with Crippen LogP contribution in [0.15, 0.2) is 24.3 Å². The number of nitrogens with zero attached hydrogens (tertiary/aromatic N) is 2. The van der Waals surface area contributed by atoms with Gasteiger partial charge in [-0.25, -0.2) is 0 Å². The minimum absolute atomic E-state index is 0.679. The molecule has 0 unspecified atom stereocenters. The van der Waals surface area contributed by atoms with E-state index in [4.69, 9.17) is 0 Å². The Morgan fingerprint density at radius 1 is 1.05 bits per heavy atom. The van der Waals surface area contributed by atoms with Gasteiger partial charge in [-0.05, 0) is 69.7 Å². The highest BCUT2D eigenvalue weighted by molar-refractivity contribution is 5.51. The maximum absolute atomic E-state index is 2.73. The summed E-state index contributed by atoms with van der Waals surface area (Å²) in [5.41, 5.74) is 3.46. The number of anilines is 1. The molecule has 2 aliphatic heterocycles. The monoisotopic (exact) mass is 298 g/mol. The molecule has 4 rings (SSSR count). The standard InChI is InChI=1S/C20H30N2/c1-16-3-5-19(6-4-16)22-14-20(15-22)11-18(12-20)13-21-9-7-17(2)8-10-21/h3-6,17-18H,7-15H2,1-2H3. The Morgan fingerprint density at radius 2 is 1.68 bits per heavy atom. The molecular formula is C20H30N2. The fourth-order valence-corrected chi connectivity index (χ4v) is 4.86. The van der Waals surface area contributed by atoms with Crippen molar-refractivity contribution in [3.05, 3.63) is 29.8 Å². The molecule has 0 bridgehead atoms. The first-order chi connectivity index (χ1) is 10.6. The predicted octanol–water partition coefficient (Wildman–Crippen LogP) is 3.94. The Kier molecular flexibility index (Phi) is 3.68. The number of likely N-dealkylation sites (tertiary alicyclic amines) is 1. The average Bonchev–Trinajstić information content (AvgIpc) is 2.43. The molecule has 3 aliphatic rings. The lowest BCUT2D eigenvalue weighted by atomic mass is 9.57.